The van der Waals surface area contributed by atoms with Gasteiger partial charge in [0.1, 0.15) is 11.8 Å². The molecule has 0 saturated carbocycles. The van der Waals surface area contributed by atoms with Crippen molar-refractivity contribution >= 4 is 17.5 Å². The number of hydrogen-bond acceptors (Lipinski definition) is 4. The van der Waals surface area contributed by atoms with Crippen molar-refractivity contribution in [1.29, 1.82) is 0 Å². The molecule has 1 aromatic carbocycles. The molecule has 6 nitrogen and oxygen atoms in total. The maximum Gasteiger partial charge on any atom is 0.309 e. The molecule has 1 aliphatic rings. The predicted octanol–water partition coefficient (Wildman–Crippen LogP) is 2.02. The standard InChI is InChI=1S/C19H23N3O3/c1-13(2)21-19(24)18(23)20-12-16(17-8-5-11-25-17)22-10-9-14-6-3-4-7-15(14)22/h3-8,11,13,16H,9-10,12H2,1-2H3,(H,20,23)(H,21,24)/t16-/m1/s1. The molecule has 2 aromatic rings. The van der Waals surface area contributed by atoms with E-state index in [1.807, 2.05) is 38.1 Å². The van der Waals surface area contributed by atoms with Gasteiger partial charge in [-0.25, -0.2) is 0 Å². The fourth-order valence-electron chi connectivity index (χ4n) is 3.13. The summed E-state index contributed by atoms with van der Waals surface area (Å²) in [6.07, 6.45) is 2.58. The van der Waals surface area contributed by atoms with Crippen LogP contribution in [0.5, 0.6) is 0 Å². The van der Waals surface area contributed by atoms with E-state index in [2.05, 4.69) is 27.7 Å². The summed E-state index contributed by atoms with van der Waals surface area (Å²) in [5.74, 6) is -0.478. The van der Waals surface area contributed by atoms with Gasteiger partial charge in [-0.15, -0.1) is 0 Å². The minimum atomic E-state index is -0.627. The molecule has 1 atom stereocenters. The van der Waals surface area contributed by atoms with Gasteiger partial charge < -0.3 is 20.0 Å². The summed E-state index contributed by atoms with van der Waals surface area (Å²) in [6.45, 7) is 4.78. The largest absolute Gasteiger partial charge is 0.467 e. The summed E-state index contributed by atoms with van der Waals surface area (Å²) in [4.78, 5) is 26.1. The zero-order valence-corrected chi connectivity index (χ0v) is 14.5. The van der Waals surface area contributed by atoms with Crippen molar-refractivity contribution in [3.05, 3.63) is 54.0 Å². The first-order chi connectivity index (χ1) is 12.1. The van der Waals surface area contributed by atoms with Crippen molar-refractivity contribution in [3.63, 3.8) is 0 Å². The Balaban J connectivity index is 1.74. The normalized spacial score (nSPS) is 14.3. The van der Waals surface area contributed by atoms with Crippen LogP contribution < -0.4 is 15.5 Å². The molecule has 6 heteroatoms. The Morgan fingerprint density at radius 1 is 1.16 bits per heavy atom. The number of benzene rings is 1. The Morgan fingerprint density at radius 3 is 2.68 bits per heavy atom. The third kappa shape index (κ3) is 3.84. The fraction of sp³-hybridized carbons (Fsp3) is 0.368. The number of carbonyl (C=O) groups is 2. The molecule has 0 spiro atoms. The number of rotatable bonds is 5. The van der Waals surface area contributed by atoms with Crippen molar-refractivity contribution in [3.8, 4) is 0 Å². The van der Waals surface area contributed by atoms with Gasteiger partial charge in [0.2, 0.25) is 0 Å². The topological polar surface area (TPSA) is 74.6 Å². The number of nitrogens with one attached hydrogen (secondary N) is 2. The van der Waals surface area contributed by atoms with Gasteiger partial charge in [-0.1, -0.05) is 18.2 Å². The Bertz CT molecular complexity index is 740. The third-order valence-electron chi connectivity index (χ3n) is 4.25. The number of fused-ring (bicyclic) bond motifs is 1. The molecule has 2 amide bonds. The van der Waals surface area contributed by atoms with E-state index in [-0.39, 0.29) is 12.1 Å². The molecular weight excluding hydrogens is 318 g/mol. The molecule has 0 aliphatic carbocycles. The highest BCUT2D eigenvalue weighted by atomic mass is 16.3. The summed E-state index contributed by atoms with van der Waals surface area (Å²) in [5.41, 5.74) is 2.42. The molecule has 1 aromatic heterocycles. The van der Waals surface area contributed by atoms with Crippen molar-refractivity contribution in [1.82, 2.24) is 10.6 Å². The van der Waals surface area contributed by atoms with Crippen LogP contribution >= 0.6 is 0 Å². The maximum absolute atomic E-state index is 12.0. The van der Waals surface area contributed by atoms with Gasteiger partial charge in [-0.2, -0.15) is 0 Å². The monoisotopic (exact) mass is 341 g/mol. The SMILES string of the molecule is CC(C)NC(=O)C(=O)NC[C@H](c1ccco1)N1CCc2ccccc21. The van der Waals surface area contributed by atoms with Gasteiger partial charge in [-0.05, 0) is 44.0 Å². The van der Waals surface area contributed by atoms with Gasteiger partial charge in [-0.3, -0.25) is 9.59 Å². The molecule has 132 valence electrons. The second-order valence-corrected chi connectivity index (χ2v) is 6.44. The highest BCUT2D eigenvalue weighted by Gasteiger charge is 2.29. The summed E-state index contributed by atoms with van der Waals surface area (Å²) in [5, 5.41) is 5.33. The first kappa shape index (κ1) is 17.1. The van der Waals surface area contributed by atoms with Crippen LogP contribution in [0.4, 0.5) is 5.69 Å². The summed E-state index contributed by atoms with van der Waals surface area (Å²) < 4.78 is 5.59. The van der Waals surface area contributed by atoms with Crippen molar-refractivity contribution < 1.29 is 14.0 Å². The van der Waals surface area contributed by atoms with Gasteiger partial charge >= 0.3 is 11.8 Å². The van der Waals surface area contributed by atoms with Gasteiger partial charge in [0.15, 0.2) is 0 Å². The highest BCUT2D eigenvalue weighted by molar-refractivity contribution is 6.35. The minimum absolute atomic E-state index is 0.0791. The molecule has 2 heterocycles. The van der Waals surface area contributed by atoms with Crippen molar-refractivity contribution in [2.45, 2.75) is 32.4 Å². The lowest BCUT2D eigenvalue weighted by molar-refractivity contribution is -0.139. The number of nitrogens with zero attached hydrogens (tertiary/aromatic N) is 1. The van der Waals surface area contributed by atoms with E-state index in [4.69, 9.17) is 4.42 Å². The maximum atomic E-state index is 12.0. The third-order valence-corrected chi connectivity index (χ3v) is 4.25. The van der Waals surface area contributed by atoms with E-state index >= 15 is 0 Å². The number of hydrogen-bond donors (Lipinski definition) is 2. The number of amides is 2. The van der Waals surface area contributed by atoms with Crippen molar-refractivity contribution in [2.75, 3.05) is 18.0 Å². The number of anilines is 1. The fourth-order valence-corrected chi connectivity index (χ4v) is 3.13. The molecule has 0 fully saturated rings. The Morgan fingerprint density at radius 2 is 1.96 bits per heavy atom. The van der Waals surface area contributed by atoms with Crippen molar-refractivity contribution in [2.24, 2.45) is 0 Å². The lowest BCUT2D eigenvalue weighted by Gasteiger charge is -2.29. The number of para-hydroxylation sites is 1. The first-order valence-electron chi connectivity index (χ1n) is 8.53. The van der Waals surface area contributed by atoms with E-state index in [0.717, 1.165) is 24.4 Å². The molecule has 25 heavy (non-hydrogen) atoms. The quantitative estimate of drug-likeness (QED) is 0.816. The average Bonchev–Trinajstić information content (AvgIpc) is 3.25. The zero-order valence-electron chi connectivity index (χ0n) is 14.5. The van der Waals surface area contributed by atoms with Gasteiger partial charge in [0.25, 0.3) is 0 Å². The Hall–Kier alpha value is -2.76. The number of furan rings is 1. The molecule has 0 bridgehead atoms. The van der Waals surface area contributed by atoms with E-state index in [1.54, 1.807) is 6.26 Å². The lowest BCUT2D eigenvalue weighted by atomic mass is 10.1. The van der Waals surface area contributed by atoms with Gasteiger partial charge in [0, 0.05) is 24.8 Å². The van der Waals surface area contributed by atoms with Crippen LogP contribution in [-0.4, -0.2) is 30.9 Å². The van der Waals surface area contributed by atoms with E-state index in [1.165, 1.54) is 5.56 Å². The first-order valence-corrected chi connectivity index (χ1v) is 8.53. The van der Waals surface area contributed by atoms with Crippen LogP contribution in [0.3, 0.4) is 0 Å². The van der Waals surface area contributed by atoms with Crippen LogP contribution in [0.25, 0.3) is 0 Å². The summed E-state index contributed by atoms with van der Waals surface area (Å²) in [7, 11) is 0. The predicted molar refractivity (Wildman–Crippen MR) is 95.2 cm³/mol. The Labute approximate surface area is 147 Å². The van der Waals surface area contributed by atoms with Crippen LogP contribution in [0, 0.1) is 0 Å². The summed E-state index contributed by atoms with van der Waals surface area (Å²) in [6, 6.07) is 11.7. The average molecular weight is 341 g/mol. The van der Waals surface area contributed by atoms with Crippen LogP contribution in [0.1, 0.15) is 31.2 Å². The minimum Gasteiger partial charge on any atom is -0.467 e. The van der Waals surface area contributed by atoms with Crippen LogP contribution in [0.15, 0.2) is 47.1 Å². The second kappa shape index (κ2) is 7.42. The van der Waals surface area contributed by atoms with Gasteiger partial charge in [0.05, 0.1) is 6.26 Å². The Kier molecular flexibility index (Phi) is 5.07. The van der Waals surface area contributed by atoms with E-state index in [0.29, 0.717) is 6.54 Å². The highest BCUT2D eigenvalue weighted by Crippen LogP contribution is 2.34. The van der Waals surface area contributed by atoms with E-state index in [9.17, 15) is 9.59 Å². The summed E-state index contributed by atoms with van der Waals surface area (Å²) >= 11 is 0. The van der Waals surface area contributed by atoms with Crippen LogP contribution in [-0.2, 0) is 16.0 Å². The van der Waals surface area contributed by atoms with E-state index < -0.39 is 11.8 Å². The lowest BCUT2D eigenvalue weighted by Crippen LogP contribution is -2.45. The molecule has 1 aliphatic heterocycles. The zero-order chi connectivity index (χ0) is 17.8. The smallest absolute Gasteiger partial charge is 0.309 e. The molecule has 0 radical (unpaired) electrons. The van der Waals surface area contributed by atoms with Crippen LogP contribution in [0.2, 0.25) is 0 Å². The molecule has 0 unspecified atom stereocenters. The second-order valence-electron chi connectivity index (χ2n) is 6.44. The molecule has 0 saturated heterocycles. The number of carbonyl (C=O) groups excluding carboxylic acids is 2. The molecule has 2 N–H and O–H groups in total. The molecule has 3 rings (SSSR count). The molecular formula is C19H23N3O3.